The third kappa shape index (κ3) is 3.17. The molecule has 0 radical (unpaired) electrons. The predicted octanol–water partition coefficient (Wildman–Crippen LogP) is 5.22. The van der Waals surface area contributed by atoms with Crippen molar-refractivity contribution in [3.8, 4) is 5.75 Å². The van der Waals surface area contributed by atoms with Gasteiger partial charge in [0.25, 0.3) is 0 Å². The second kappa shape index (κ2) is 6.89. The Hall–Kier alpha value is -2.52. The molecule has 2 nitrogen and oxygen atoms in total. The minimum atomic E-state index is -1.70. The average molecular weight is 374 g/mol. The van der Waals surface area contributed by atoms with Crippen LogP contribution in [0.15, 0.2) is 72.8 Å². The van der Waals surface area contributed by atoms with Crippen LogP contribution in [0, 0.1) is 6.92 Å². The number of methoxy groups -OCH3 is 1. The van der Waals surface area contributed by atoms with Gasteiger partial charge in [0.2, 0.25) is 0 Å². The predicted molar refractivity (Wildman–Crippen MR) is 117 cm³/mol. The lowest BCUT2D eigenvalue weighted by molar-refractivity contribution is 0.414. The number of rotatable bonds is 4. The van der Waals surface area contributed by atoms with Gasteiger partial charge in [-0.25, -0.2) is 0 Å². The normalized spacial score (nSPS) is 17.6. The van der Waals surface area contributed by atoms with Crippen molar-refractivity contribution < 1.29 is 4.74 Å². The Kier molecular flexibility index (Phi) is 4.56. The van der Waals surface area contributed by atoms with E-state index >= 15 is 0 Å². The number of hydrogen-bond donors (Lipinski definition) is 0. The van der Waals surface area contributed by atoms with Crippen LogP contribution in [-0.4, -0.2) is 15.2 Å². The topological polar surface area (TPSA) is 12.5 Å². The lowest BCUT2D eigenvalue weighted by Gasteiger charge is -2.34. The fraction of sp³-hybridized carbons (Fsp3) is 0.250. The molecule has 0 N–H and O–H groups in total. The van der Waals surface area contributed by atoms with Gasteiger partial charge in [-0.3, -0.25) is 0 Å². The van der Waals surface area contributed by atoms with Crippen LogP contribution >= 0.6 is 0 Å². The maximum absolute atomic E-state index is 5.33. The summed E-state index contributed by atoms with van der Waals surface area (Å²) in [5.41, 5.74) is 5.94. The number of benzene rings is 3. The van der Waals surface area contributed by atoms with Crippen LogP contribution in [0.4, 0.5) is 5.69 Å². The largest absolute Gasteiger partial charge is 0.497 e. The van der Waals surface area contributed by atoms with E-state index in [9.17, 15) is 0 Å². The SMILES string of the molecule is COc1ccc(CN2c3ccc(C)cc3[Si](C)(C)C2c2ccccc2)cc1. The highest BCUT2D eigenvalue weighted by molar-refractivity contribution is 6.93. The molecule has 3 heteroatoms. The molecule has 0 amide bonds. The van der Waals surface area contributed by atoms with Crippen LogP contribution in [-0.2, 0) is 6.54 Å². The molecule has 1 atom stereocenters. The van der Waals surface area contributed by atoms with E-state index in [1.807, 2.05) is 0 Å². The Morgan fingerprint density at radius 1 is 0.926 bits per heavy atom. The van der Waals surface area contributed by atoms with Crippen molar-refractivity contribution in [1.29, 1.82) is 0 Å². The Morgan fingerprint density at radius 3 is 2.30 bits per heavy atom. The average Bonchev–Trinajstić information content (AvgIpc) is 2.89. The van der Waals surface area contributed by atoms with Crippen molar-refractivity contribution in [3.05, 3.63) is 89.5 Å². The van der Waals surface area contributed by atoms with Crippen molar-refractivity contribution in [2.75, 3.05) is 12.0 Å². The van der Waals surface area contributed by atoms with E-state index < -0.39 is 8.07 Å². The number of nitrogens with zero attached hydrogens (tertiary/aromatic N) is 1. The summed E-state index contributed by atoms with van der Waals surface area (Å²) in [6.07, 6.45) is 0. The first-order valence-electron chi connectivity index (χ1n) is 9.56. The molecule has 0 fully saturated rings. The van der Waals surface area contributed by atoms with Crippen LogP contribution in [0.5, 0.6) is 5.75 Å². The van der Waals surface area contributed by atoms with Crippen molar-refractivity contribution in [2.45, 2.75) is 32.2 Å². The van der Waals surface area contributed by atoms with Gasteiger partial charge < -0.3 is 9.64 Å². The smallest absolute Gasteiger partial charge is 0.118 e. The van der Waals surface area contributed by atoms with Crippen LogP contribution in [0.1, 0.15) is 22.4 Å². The van der Waals surface area contributed by atoms with E-state index in [4.69, 9.17) is 4.74 Å². The molecule has 138 valence electrons. The highest BCUT2D eigenvalue weighted by Crippen LogP contribution is 2.42. The fourth-order valence-electron chi connectivity index (χ4n) is 4.43. The standard InChI is InChI=1S/C24H27NOSi/c1-18-10-15-22-23(16-18)27(3,4)24(20-8-6-5-7-9-20)25(22)17-19-11-13-21(26-2)14-12-19/h5-16,24H,17H2,1-4H3. The maximum atomic E-state index is 5.33. The van der Waals surface area contributed by atoms with E-state index in [-0.39, 0.29) is 0 Å². The molecular weight excluding hydrogens is 346 g/mol. The lowest BCUT2D eigenvalue weighted by Crippen LogP contribution is -2.46. The van der Waals surface area contributed by atoms with E-state index in [1.54, 1.807) is 12.3 Å². The molecule has 1 heterocycles. The number of aryl methyl sites for hydroxylation is 1. The Bertz CT molecular complexity index is 934. The van der Waals surface area contributed by atoms with Gasteiger partial charge in [0.05, 0.1) is 12.8 Å². The maximum Gasteiger partial charge on any atom is 0.118 e. The Balaban J connectivity index is 1.80. The summed E-state index contributed by atoms with van der Waals surface area (Å²) in [4.78, 5) is 2.62. The van der Waals surface area contributed by atoms with E-state index in [0.717, 1.165) is 12.3 Å². The van der Waals surface area contributed by atoms with Crippen LogP contribution < -0.4 is 14.8 Å². The molecule has 0 aromatic heterocycles. The zero-order chi connectivity index (χ0) is 19.0. The van der Waals surface area contributed by atoms with Crippen molar-refractivity contribution in [1.82, 2.24) is 0 Å². The van der Waals surface area contributed by atoms with E-state index in [1.165, 1.54) is 22.4 Å². The zero-order valence-corrected chi connectivity index (χ0v) is 17.6. The molecule has 0 spiro atoms. The van der Waals surface area contributed by atoms with Gasteiger partial charge in [0, 0.05) is 12.2 Å². The molecule has 3 aromatic rings. The molecule has 0 bridgehead atoms. The molecule has 1 aliphatic heterocycles. The molecule has 0 saturated carbocycles. The fourth-order valence-corrected chi connectivity index (χ4v) is 8.25. The summed E-state index contributed by atoms with van der Waals surface area (Å²) in [6.45, 7) is 8.14. The first-order chi connectivity index (χ1) is 13.0. The third-order valence-electron chi connectivity index (χ3n) is 5.78. The number of ether oxygens (including phenoxy) is 1. The third-order valence-corrected chi connectivity index (χ3v) is 9.58. The highest BCUT2D eigenvalue weighted by atomic mass is 28.3. The molecule has 3 aromatic carbocycles. The summed E-state index contributed by atoms with van der Waals surface area (Å²) in [5, 5.41) is 1.57. The highest BCUT2D eigenvalue weighted by Gasteiger charge is 2.46. The van der Waals surface area contributed by atoms with Gasteiger partial charge in [-0.2, -0.15) is 0 Å². The summed E-state index contributed by atoms with van der Waals surface area (Å²) >= 11 is 0. The molecule has 4 rings (SSSR count). The first kappa shape index (κ1) is 17.9. The molecule has 0 aliphatic carbocycles. The molecule has 0 saturated heterocycles. The van der Waals surface area contributed by atoms with E-state index in [2.05, 4.69) is 97.7 Å². The number of fused-ring (bicyclic) bond motifs is 1. The van der Waals surface area contributed by atoms with Gasteiger partial charge in [-0.05, 0) is 41.4 Å². The van der Waals surface area contributed by atoms with Gasteiger partial charge in [-0.15, -0.1) is 0 Å². The molecular formula is C24H27NOSi. The summed E-state index contributed by atoms with van der Waals surface area (Å²) < 4.78 is 5.33. The number of anilines is 1. The summed E-state index contributed by atoms with van der Waals surface area (Å²) in [5.74, 6) is 0.908. The molecule has 1 unspecified atom stereocenters. The quantitative estimate of drug-likeness (QED) is 0.581. The first-order valence-corrected chi connectivity index (χ1v) is 12.6. The summed E-state index contributed by atoms with van der Waals surface area (Å²) in [7, 11) is 0.0200. The number of hydrogen-bond acceptors (Lipinski definition) is 2. The van der Waals surface area contributed by atoms with Gasteiger partial charge >= 0.3 is 0 Å². The van der Waals surface area contributed by atoms with Crippen molar-refractivity contribution in [3.63, 3.8) is 0 Å². The minimum absolute atomic E-state index is 0.442. The minimum Gasteiger partial charge on any atom is -0.497 e. The van der Waals surface area contributed by atoms with Gasteiger partial charge in [0.15, 0.2) is 0 Å². The monoisotopic (exact) mass is 373 g/mol. The molecule has 27 heavy (non-hydrogen) atoms. The summed E-state index contributed by atoms with van der Waals surface area (Å²) in [6, 6.07) is 26.5. The van der Waals surface area contributed by atoms with Gasteiger partial charge in [0.1, 0.15) is 13.8 Å². The Labute approximate surface area is 163 Å². The van der Waals surface area contributed by atoms with Crippen LogP contribution in [0.3, 0.4) is 0 Å². The zero-order valence-electron chi connectivity index (χ0n) is 16.6. The second-order valence-electron chi connectivity index (χ2n) is 8.03. The van der Waals surface area contributed by atoms with Crippen LogP contribution in [0.25, 0.3) is 0 Å². The van der Waals surface area contributed by atoms with Crippen molar-refractivity contribution in [2.24, 2.45) is 0 Å². The van der Waals surface area contributed by atoms with Gasteiger partial charge in [-0.1, -0.05) is 73.3 Å². The van der Waals surface area contributed by atoms with E-state index in [0.29, 0.717) is 5.67 Å². The lowest BCUT2D eigenvalue weighted by atomic mass is 10.1. The van der Waals surface area contributed by atoms with Crippen molar-refractivity contribution >= 4 is 18.9 Å². The Morgan fingerprint density at radius 2 is 1.63 bits per heavy atom. The second-order valence-corrected chi connectivity index (χ2v) is 12.6. The van der Waals surface area contributed by atoms with Crippen LogP contribution in [0.2, 0.25) is 13.1 Å². The molecule has 1 aliphatic rings.